The molecule has 0 radical (unpaired) electrons. The Balaban J connectivity index is 2.49. The number of hydrogen-bond donors (Lipinski definition) is 1. The van der Waals surface area contributed by atoms with Gasteiger partial charge in [0.05, 0.1) is 11.6 Å². The summed E-state index contributed by atoms with van der Waals surface area (Å²) in [5, 5.41) is 18.6. The molecule has 0 spiro atoms. The number of aliphatic carboxylic acids is 1. The van der Waals surface area contributed by atoms with Gasteiger partial charge in [0.2, 0.25) is 0 Å². The summed E-state index contributed by atoms with van der Waals surface area (Å²) in [5.74, 6) is -0.215. The van der Waals surface area contributed by atoms with Crippen molar-refractivity contribution < 1.29 is 9.90 Å². The lowest BCUT2D eigenvalue weighted by molar-refractivity contribution is -0.143. The second-order valence-electron chi connectivity index (χ2n) is 4.91. The van der Waals surface area contributed by atoms with Crippen LogP contribution in [0.2, 0.25) is 0 Å². The highest BCUT2D eigenvalue weighted by Crippen LogP contribution is 2.36. The minimum atomic E-state index is -0.881. The van der Waals surface area contributed by atoms with Crippen LogP contribution in [0.4, 0.5) is 5.82 Å². The van der Waals surface area contributed by atoms with E-state index in [1.54, 1.807) is 12.1 Å². The number of pyridine rings is 1. The molecule has 0 aliphatic carbocycles. The largest absolute Gasteiger partial charge is 0.479 e. The van der Waals surface area contributed by atoms with Crippen molar-refractivity contribution in [1.82, 2.24) is 4.98 Å². The van der Waals surface area contributed by atoms with Crippen molar-refractivity contribution in [3.05, 3.63) is 23.4 Å². The van der Waals surface area contributed by atoms with Gasteiger partial charge >= 0.3 is 5.97 Å². The summed E-state index contributed by atoms with van der Waals surface area (Å²) in [5.41, 5.74) is 0.370. The number of nitrogens with zero attached hydrogens (tertiary/aromatic N) is 3. The molecule has 1 aromatic rings. The van der Waals surface area contributed by atoms with E-state index in [9.17, 15) is 9.90 Å². The Kier molecular flexibility index (Phi) is 3.43. The molecule has 19 heavy (non-hydrogen) atoms. The average molecular weight is 259 g/mol. The molecule has 1 aliphatic rings. The standard InChI is InChI=1S/C14H17N3O2/c1-3-14(13(18)19)5-4-6-17(14)12-8-11(9-15)7-10(2)16-12/h7-8H,3-6H2,1-2H3,(H,18,19). The molecule has 0 amide bonds. The summed E-state index contributed by atoms with van der Waals surface area (Å²) in [4.78, 5) is 17.9. The van der Waals surface area contributed by atoms with Crippen LogP contribution in [0.5, 0.6) is 0 Å². The van der Waals surface area contributed by atoms with Gasteiger partial charge in [-0.05, 0) is 38.3 Å². The molecular weight excluding hydrogens is 242 g/mol. The molecule has 1 aromatic heterocycles. The molecule has 1 saturated heterocycles. The first kappa shape index (κ1) is 13.3. The number of anilines is 1. The lowest BCUT2D eigenvalue weighted by Crippen LogP contribution is -2.50. The van der Waals surface area contributed by atoms with Crippen LogP contribution in [0, 0.1) is 18.3 Å². The Morgan fingerprint density at radius 2 is 2.37 bits per heavy atom. The molecule has 2 rings (SSSR count). The highest BCUT2D eigenvalue weighted by Gasteiger charge is 2.46. The Morgan fingerprint density at radius 1 is 1.63 bits per heavy atom. The SMILES string of the molecule is CCC1(C(=O)O)CCCN1c1cc(C#N)cc(C)n1. The first-order valence-corrected chi connectivity index (χ1v) is 6.43. The summed E-state index contributed by atoms with van der Waals surface area (Å²) < 4.78 is 0. The molecule has 1 unspecified atom stereocenters. The highest BCUT2D eigenvalue weighted by molar-refractivity contribution is 5.84. The lowest BCUT2D eigenvalue weighted by Gasteiger charge is -2.35. The maximum Gasteiger partial charge on any atom is 0.329 e. The fourth-order valence-corrected chi connectivity index (χ4v) is 2.81. The van der Waals surface area contributed by atoms with Crippen molar-refractivity contribution in [3.8, 4) is 6.07 Å². The Labute approximate surface area is 112 Å². The molecule has 1 N–H and O–H groups in total. The van der Waals surface area contributed by atoms with Gasteiger partial charge in [-0.1, -0.05) is 6.92 Å². The van der Waals surface area contributed by atoms with Crippen LogP contribution in [0.15, 0.2) is 12.1 Å². The first-order chi connectivity index (χ1) is 9.03. The molecule has 1 atom stereocenters. The van der Waals surface area contributed by atoms with E-state index < -0.39 is 11.5 Å². The zero-order valence-electron chi connectivity index (χ0n) is 11.2. The number of hydrogen-bond acceptors (Lipinski definition) is 4. The zero-order chi connectivity index (χ0) is 14.0. The molecule has 100 valence electrons. The predicted octanol–water partition coefficient (Wildman–Crippen LogP) is 2.10. The van der Waals surface area contributed by atoms with Crippen molar-refractivity contribution in [3.63, 3.8) is 0 Å². The Morgan fingerprint density at radius 3 is 2.95 bits per heavy atom. The second kappa shape index (κ2) is 4.88. The van der Waals surface area contributed by atoms with Crippen LogP contribution in [-0.2, 0) is 4.79 Å². The predicted molar refractivity (Wildman–Crippen MR) is 70.9 cm³/mol. The topological polar surface area (TPSA) is 77.2 Å². The summed E-state index contributed by atoms with van der Waals surface area (Å²) in [6.45, 7) is 4.36. The van der Waals surface area contributed by atoms with Crippen LogP contribution in [0.25, 0.3) is 0 Å². The van der Waals surface area contributed by atoms with E-state index in [1.165, 1.54) is 0 Å². The number of aryl methyl sites for hydroxylation is 1. The molecule has 5 heteroatoms. The van der Waals surface area contributed by atoms with Crippen LogP contribution in [0.3, 0.4) is 0 Å². The number of carboxylic acid groups (broad SMARTS) is 1. The van der Waals surface area contributed by atoms with Gasteiger partial charge in [-0.25, -0.2) is 9.78 Å². The molecule has 1 aliphatic heterocycles. The molecule has 5 nitrogen and oxygen atoms in total. The van der Waals surface area contributed by atoms with Crippen molar-refractivity contribution in [1.29, 1.82) is 5.26 Å². The van der Waals surface area contributed by atoms with Gasteiger partial charge in [-0.3, -0.25) is 0 Å². The number of nitriles is 1. The third-order valence-corrected chi connectivity index (χ3v) is 3.82. The molecular formula is C14H17N3O2. The van der Waals surface area contributed by atoms with Crippen molar-refractivity contribution in [2.75, 3.05) is 11.4 Å². The quantitative estimate of drug-likeness (QED) is 0.899. The Bertz CT molecular complexity index is 550. The molecule has 0 saturated carbocycles. The number of carboxylic acids is 1. The maximum absolute atomic E-state index is 11.6. The lowest BCUT2D eigenvalue weighted by atomic mass is 9.93. The van der Waals surface area contributed by atoms with Crippen molar-refractivity contribution in [2.45, 2.75) is 38.6 Å². The van der Waals surface area contributed by atoms with E-state index in [1.807, 2.05) is 18.7 Å². The van der Waals surface area contributed by atoms with Crippen LogP contribution in [0.1, 0.15) is 37.4 Å². The summed E-state index contributed by atoms with van der Waals surface area (Å²) in [6.07, 6.45) is 1.98. The fraction of sp³-hybridized carbons (Fsp3) is 0.500. The molecule has 2 heterocycles. The van der Waals surface area contributed by atoms with E-state index in [0.717, 1.165) is 12.1 Å². The normalized spacial score (nSPS) is 22.3. The van der Waals surface area contributed by atoms with Gasteiger partial charge in [-0.15, -0.1) is 0 Å². The molecule has 1 fully saturated rings. The number of aromatic nitrogens is 1. The summed E-state index contributed by atoms with van der Waals surface area (Å²) in [6, 6.07) is 5.47. The molecule has 0 bridgehead atoms. The van der Waals surface area contributed by atoms with Gasteiger partial charge in [0.1, 0.15) is 11.4 Å². The second-order valence-corrected chi connectivity index (χ2v) is 4.91. The summed E-state index contributed by atoms with van der Waals surface area (Å²) in [7, 11) is 0. The van der Waals surface area contributed by atoms with Crippen molar-refractivity contribution in [2.24, 2.45) is 0 Å². The molecule has 0 aromatic carbocycles. The van der Waals surface area contributed by atoms with Gasteiger partial charge in [-0.2, -0.15) is 5.26 Å². The number of carbonyl (C=O) groups is 1. The third-order valence-electron chi connectivity index (χ3n) is 3.82. The van der Waals surface area contributed by atoms with Crippen LogP contribution < -0.4 is 4.90 Å². The van der Waals surface area contributed by atoms with E-state index in [2.05, 4.69) is 11.1 Å². The van der Waals surface area contributed by atoms with Crippen LogP contribution in [-0.4, -0.2) is 28.1 Å². The van der Waals surface area contributed by atoms with E-state index in [-0.39, 0.29) is 0 Å². The highest BCUT2D eigenvalue weighted by atomic mass is 16.4. The maximum atomic E-state index is 11.6. The monoisotopic (exact) mass is 259 g/mol. The van der Waals surface area contributed by atoms with E-state index >= 15 is 0 Å². The number of rotatable bonds is 3. The van der Waals surface area contributed by atoms with Crippen LogP contribution >= 0.6 is 0 Å². The van der Waals surface area contributed by atoms with Gasteiger partial charge in [0.25, 0.3) is 0 Å². The van der Waals surface area contributed by atoms with E-state index in [4.69, 9.17) is 5.26 Å². The Hall–Kier alpha value is -2.09. The fourth-order valence-electron chi connectivity index (χ4n) is 2.81. The zero-order valence-corrected chi connectivity index (χ0v) is 11.2. The smallest absolute Gasteiger partial charge is 0.329 e. The van der Waals surface area contributed by atoms with Gasteiger partial charge < -0.3 is 10.0 Å². The third kappa shape index (κ3) is 2.14. The van der Waals surface area contributed by atoms with E-state index in [0.29, 0.717) is 30.8 Å². The van der Waals surface area contributed by atoms with Crippen molar-refractivity contribution >= 4 is 11.8 Å². The minimum Gasteiger partial charge on any atom is -0.479 e. The van der Waals surface area contributed by atoms with Gasteiger partial charge in [0, 0.05) is 12.2 Å². The summed E-state index contributed by atoms with van der Waals surface area (Å²) >= 11 is 0. The average Bonchev–Trinajstić information content (AvgIpc) is 2.83. The van der Waals surface area contributed by atoms with Gasteiger partial charge in [0.15, 0.2) is 0 Å². The minimum absolute atomic E-state index is 0.518. The first-order valence-electron chi connectivity index (χ1n) is 6.43.